The van der Waals surface area contributed by atoms with E-state index < -0.39 is 0 Å². The highest BCUT2D eigenvalue weighted by atomic mass is 35.5. The van der Waals surface area contributed by atoms with Crippen LogP contribution < -0.4 is 12.4 Å². The molecule has 0 aliphatic heterocycles. The Morgan fingerprint density at radius 1 is 0.833 bits per heavy atom. The fourth-order valence-corrected chi connectivity index (χ4v) is 3.76. The minimum Gasteiger partial charge on any atom is -1.00 e. The van der Waals surface area contributed by atoms with Gasteiger partial charge in [0.2, 0.25) is 0 Å². The smallest absolute Gasteiger partial charge is 0.105 e. The number of hydrogen-bond acceptors (Lipinski definition) is 1. The van der Waals surface area contributed by atoms with Crippen LogP contribution in [0.3, 0.4) is 0 Å². The van der Waals surface area contributed by atoms with Gasteiger partial charge in [0.1, 0.15) is 12.6 Å². The summed E-state index contributed by atoms with van der Waals surface area (Å²) in [5.41, 5.74) is 0. The molecule has 0 aliphatic rings. The molecule has 0 amide bonds. The molecule has 148 valence electrons. The van der Waals surface area contributed by atoms with Gasteiger partial charge in [0.15, 0.2) is 0 Å². The number of aliphatic hydroxyl groups excluding tert-OH is 1. The SMILES string of the molecule is CCCCCCCCCCC(Cl)CC[N+](CC)(CC)CC(C)O.[Cl-]. The molecule has 0 rings (SSSR count). The van der Waals surface area contributed by atoms with Crippen molar-refractivity contribution in [2.24, 2.45) is 0 Å². The summed E-state index contributed by atoms with van der Waals surface area (Å²) in [5, 5.41) is 10.0. The molecule has 0 bridgehead atoms. The van der Waals surface area contributed by atoms with E-state index in [1.807, 2.05) is 6.92 Å². The third-order valence-corrected chi connectivity index (χ3v) is 5.72. The molecule has 0 spiro atoms. The van der Waals surface area contributed by atoms with Gasteiger partial charge in [-0.15, -0.1) is 11.6 Å². The number of likely N-dealkylation sites (N-methyl/N-ethyl adjacent to an activating group) is 1. The van der Waals surface area contributed by atoms with Crippen LogP contribution in [0.4, 0.5) is 0 Å². The summed E-state index contributed by atoms with van der Waals surface area (Å²) in [4.78, 5) is 0. The van der Waals surface area contributed by atoms with Crippen LogP contribution in [-0.2, 0) is 0 Å². The first-order chi connectivity index (χ1) is 11.0. The third kappa shape index (κ3) is 13.8. The molecule has 1 N–H and O–H groups in total. The number of quaternary nitrogens is 1. The first-order valence-electron chi connectivity index (χ1n) is 10.2. The van der Waals surface area contributed by atoms with Gasteiger partial charge in [-0.1, -0.05) is 58.3 Å². The topological polar surface area (TPSA) is 20.2 Å². The molecular formula is C20H43Cl2NO. The van der Waals surface area contributed by atoms with Crippen LogP contribution in [0.1, 0.15) is 91.9 Å². The van der Waals surface area contributed by atoms with Crippen LogP contribution in [0.5, 0.6) is 0 Å². The molecule has 2 nitrogen and oxygen atoms in total. The van der Waals surface area contributed by atoms with E-state index in [2.05, 4.69) is 20.8 Å². The van der Waals surface area contributed by atoms with Crippen LogP contribution in [0.15, 0.2) is 0 Å². The van der Waals surface area contributed by atoms with Gasteiger partial charge in [-0.25, -0.2) is 0 Å². The lowest BCUT2D eigenvalue weighted by Gasteiger charge is -2.38. The van der Waals surface area contributed by atoms with Crippen molar-refractivity contribution in [3.63, 3.8) is 0 Å². The Bertz CT molecular complexity index is 258. The second kappa shape index (κ2) is 16.9. The van der Waals surface area contributed by atoms with Crippen molar-refractivity contribution in [1.29, 1.82) is 0 Å². The van der Waals surface area contributed by atoms with E-state index in [1.165, 1.54) is 51.4 Å². The van der Waals surface area contributed by atoms with E-state index in [9.17, 15) is 5.11 Å². The number of rotatable bonds is 16. The Labute approximate surface area is 163 Å². The van der Waals surface area contributed by atoms with Gasteiger partial charge in [0.05, 0.1) is 19.6 Å². The minimum absolute atomic E-state index is 0. The normalized spacial score (nSPS) is 14.2. The molecule has 0 aromatic heterocycles. The molecule has 0 radical (unpaired) electrons. The van der Waals surface area contributed by atoms with Crippen molar-refractivity contribution in [2.75, 3.05) is 26.2 Å². The second-order valence-corrected chi connectivity index (χ2v) is 8.00. The van der Waals surface area contributed by atoms with Crippen LogP contribution in [0, 0.1) is 0 Å². The van der Waals surface area contributed by atoms with E-state index in [0.29, 0.717) is 5.38 Å². The van der Waals surface area contributed by atoms with Crippen molar-refractivity contribution in [3.8, 4) is 0 Å². The Hall–Kier alpha value is 0.500. The predicted molar refractivity (Wildman–Crippen MR) is 104 cm³/mol. The molecule has 0 aromatic carbocycles. The van der Waals surface area contributed by atoms with Crippen molar-refractivity contribution in [1.82, 2.24) is 0 Å². The zero-order valence-corrected chi connectivity index (χ0v) is 18.2. The number of alkyl halides is 1. The zero-order valence-electron chi connectivity index (χ0n) is 16.7. The molecule has 2 unspecified atom stereocenters. The van der Waals surface area contributed by atoms with Crippen LogP contribution in [0.2, 0.25) is 0 Å². The monoisotopic (exact) mass is 383 g/mol. The van der Waals surface area contributed by atoms with Crippen molar-refractivity contribution >= 4 is 11.6 Å². The summed E-state index contributed by atoms with van der Waals surface area (Å²) in [6.45, 7) is 12.8. The molecule has 0 saturated heterocycles. The van der Waals surface area contributed by atoms with Gasteiger partial charge in [-0.05, 0) is 27.2 Å². The maximum atomic E-state index is 9.74. The Morgan fingerprint density at radius 3 is 1.79 bits per heavy atom. The summed E-state index contributed by atoms with van der Waals surface area (Å²) in [5.74, 6) is 0. The molecule has 0 heterocycles. The highest BCUT2D eigenvalue weighted by Crippen LogP contribution is 2.18. The minimum atomic E-state index is -0.226. The van der Waals surface area contributed by atoms with E-state index in [1.54, 1.807) is 0 Å². The van der Waals surface area contributed by atoms with E-state index in [4.69, 9.17) is 11.6 Å². The highest BCUT2D eigenvalue weighted by Gasteiger charge is 2.26. The number of hydrogen-bond donors (Lipinski definition) is 1. The molecule has 0 fully saturated rings. The maximum absolute atomic E-state index is 9.74. The van der Waals surface area contributed by atoms with E-state index in [0.717, 1.165) is 43.5 Å². The third-order valence-electron chi connectivity index (χ3n) is 5.28. The average molecular weight is 384 g/mol. The van der Waals surface area contributed by atoms with Crippen molar-refractivity contribution in [3.05, 3.63) is 0 Å². The molecule has 0 aromatic rings. The average Bonchev–Trinajstić information content (AvgIpc) is 2.53. The van der Waals surface area contributed by atoms with E-state index >= 15 is 0 Å². The number of unbranched alkanes of at least 4 members (excludes halogenated alkanes) is 7. The van der Waals surface area contributed by atoms with Crippen LogP contribution in [0.25, 0.3) is 0 Å². The molecule has 24 heavy (non-hydrogen) atoms. The summed E-state index contributed by atoms with van der Waals surface area (Å²) in [7, 11) is 0. The van der Waals surface area contributed by atoms with Gasteiger partial charge in [0, 0.05) is 11.8 Å². The molecule has 2 atom stereocenters. The fourth-order valence-electron chi connectivity index (χ4n) is 3.51. The maximum Gasteiger partial charge on any atom is 0.105 e. The number of aliphatic hydroxyl groups is 1. The lowest BCUT2D eigenvalue weighted by molar-refractivity contribution is -0.927. The van der Waals surface area contributed by atoms with Crippen LogP contribution >= 0.6 is 11.6 Å². The Balaban J connectivity index is 0. The molecule has 4 heteroatoms. The molecule has 0 saturated carbocycles. The summed E-state index contributed by atoms with van der Waals surface area (Å²) in [6, 6.07) is 0. The van der Waals surface area contributed by atoms with Gasteiger partial charge < -0.3 is 22.0 Å². The quantitative estimate of drug-likeness (QED) is 0.247. The number of halogens is 2. The lowest BCUT2D eigenvalue weighted by Crippen LogP contribution is -3.00. The standard InChI is InChI=1S/C20H43ClNO.ClH/c1-5-8-9-10-11-12-13-14-15-20(21)16-17-22(6-2,7-3)18-19(4)23;/h19-20,23H,5-18H2,1-4H3;1H/q+1;/p-1. The highest BCUT2D eigenvalue weighted by molar-refractivity contribution is 6.20. The Kier molecular flexibility index (Phi) is 18.9. The van der Waals surface area contributed by atoms with Gasteiger partial charge in [0.25, 0.3) is 0 Å². The molecule has 0 aliphatic carbocycles. The predicted octanol–water partition coefficient (Wildman–Crippen LogP) is 2.76. The van der Waals surface area contributed by atoms with Gasteiger partial charge >= 0.3 is 0 Å². The van der Waals surface area contributed by atoms with Crippen molar-refractivity contribution < 1.29 is 22.0 Å². The lowest BCUT2D eigenvalue weighted by atomic mass is 10.1. The number of nitrogens with zero attached hydrogens (tertiary/aromatic N) is 1. The Morgan fingerprint density at radius 2 is 1.33 bits per heavy atom. The zero-order chi connectivity index (χ0) is 17.6. The first kappa shape index (κ1) is 26.7. The van der Waals surface area contributed by atoms with Crippen LogP contribution in [-0.4, -0.2) is 47.2 Å². The molecular weight excluding hydrogens is 341 g/mol. The fraction of sp³-hybridized carbons (Fsp3) is 1.00. The largest absolute Gasteiger partial charge is 1.00 e. The summed E-state index contributed by atoms with van der Waals surface area (Å²) in [6.07, 6.45) is 12.9. The van der Waals surface area contributed by atoms with Crippen molar-refractivity contribution in [2.45, 2.75) is 103 Å². The van der Waals surface area contributed by atoms with Gasteiger partial charge in [-0.3, -0.25) is 0 Å². The second-order valence-electron chi connectivity index (χ2n) is 7.38. The van der Waals surface area contributed by atoms with Gasteiger partial charge in [-0.2, -0.15) is 0 Å². The summed E-state index contributed by atoms with van der Waals surface area (Å²) >= 11 is 6.55. The first-order valence-corrected chi connectivity index (χ1v) is 10.6. The van der Waals surface area contributed by atoms with E-state index in [-0.39, 0.29) is 18.5 Å². The summed E-state index contributed by atoms with van der Waals surface area (Å²) < 4.78 is 0.998.